The van der Waals surface area contributed by atoms with Crippen molar-refractivity contribution >= 4 is 5.69 Å². The topological polar surface area (TPSA) is 12.5 Å². The van der Waals surface area contributed by atoms with E-state index >= 15 is 0 Å². The predicted molar refractivity (Wildman–Crippen MR) is 101 cm³/mol. The van der Waals surface area contributed by atoms with Gasteiger partial charge in [-0.1, -0.05) is 54.0 Å². The van der Waals surface area contributed by atoms with Gasteiger partial charge in [0.05, 0.1) is 6.61 Å². The number of benzene rings is 1. The highest BCUT2D eigenvalue weighted by atomic mass is 16.5. The van der Waals surface area contributed by atoms with Crippen molar-refractivity contribution in [1.82, 2.24) is 0 Å². The summed E-state index contributed by atoms with van der Waals surface area (Å²) in [6, 6.07) is 6.74. The van der Waals surface area contributed by atoms with Crippen molar-refractivity contribution in [2.24, 2.45) is 10.8 Å². The molecule has 1 heterocycles. The van der Waals surface area contributed by atoms with E-state index in [1.165, 1.54) is 17.7 Å². The number of hydrogen-bond donors (Lipinski definition) is 0. The molecule has 1 aromatic carbocycles. The van der Waals surface area contributed by atoms with E-state index in [1.54, 1.807) is 0 Å². The van der Waals surface area contributed by atoms with Crippen LogP contribution in [0, 0.1) is 10.8 Å². The van der Waals surface area contributed by atoms with Gasteiger partial charge in [0.25, 0.3) is 0 Å². The summed E-state index contributed by atoms with van der Waals surface area (Å²) in [7, 11) is 0. The molecule has 0 radical (unpaired) electrons. The summed E-state index contributed by atoms with van der Waals surface area (Å²) in [6.07, 6.45) is 1.18. The summed E-state index contributed by atoms with van der Waals surface area (Å²) in [5.74, 6) is 0.990. The first kappa shape index (κ1) is 18.2. The van der Waals surface area contributed by atoms with E-state index in [0.717, 1.165) is 25.4 Å². The summed E-state index contributed by atoms with van der Waals surface area (Å²) in [5, 5.41) is 0. The zero-order chi connectivity index (χ0) is 17.5. The van der Waals surface area contributed by atoms with Crippen LogP contribution >= 0.6 is 0 Å². The SMILES string of the molecule is CCOc1ccc2c(c1)N(CC)CC2(C(C)(C)C)C(C)(C)CC. The van der Waals surface area contributed by atoms with Gasteiger partial charge in [-0.05, 0) is 36.3 Å². The van der Waals surface area contributed by atoms with E-state index in [4.69, 9.17) is 4.74 Å². The Hall–Kier alpha value is -1.18. The van der Waals surface area contributed by atoms with E-state index in [0.29, 0.717) is 0 Å². The van der Waals surface area contributed by atoms with Crippen LogP contribution in [0.3, 0.4) is 0 Å². The lowest BCUT2D eigenvalue weighted by molar-refractivity contribution is 0.0484. The molecule has 0 amide bonds. The Morgan fingerprint density at radius 3 is 2.22 bits per heavy atom. The first-order chi connectivity index (χ1) is 10.6. The van der Waals surface area contributed by atoms with Crippen molar-refractivity contribution in [2.45, 2.75) is 67.2 Å². The largest absolute Gasteiger partial charge is 0.494 e. The van der Waals surface area contributed by atoms with Crippen molar-refractivity contribution < 1.29 is 4.74 Å². The van der Waals surface area contributed by atoms with Crippen molar-refractivity contribution in [3.63, 3.8) is 0 Å². The zero-order valence-corrected chi connectivity index (χ0v) is 16.4. The second-order valence-electron chi connectivity index (χ2n) is 8.52. The van der Waals surface area contributed by atoms with Crippen molar-refractivity contribution in [2.75, 3.05) is 24.6 Å². The lowest BCUT2D eigenvalue weighted by Gasteiger charge is -2.53. The van der Waals surface area contributed by atoms with Gasteiger partial charge in [0.2, 0.25) is 0 Å². The third-order valence-electron chi connectivity index (χ3n) is 6.21. The Morgan fingerprint density at radius 2 is 1.74 bits per heavy atom. The molecule has 0 saturated heterocycles. The van der Waals surface area contributed by atoms with Gasteiger partial charge in [0, 0.05) is 30.3 Å². The first-order valence-corrected chi connectivity index (χ1v) is 9.17. The molecular weight excluding hydrogens is 282 g/mol. The predicted octanol–water partition coefficient (Wildman–Crippen LogP) is 5.65. The molecule has 1 aliphatic heterocycles. The minimum absolute atomic E-state index is 0.144. The third kappa shape index (κ3) is 2.64. The van der Waals surface area contributed by atoms with Crippen LogP contribution in [0.25, 0.3) is 0 Å². The molecule has 1 unspecified atom stereocenters. The number of rotatable bonds is 5. The van der Waals surface area contributed by atoms with Crippen molar-refractivity contribution in [1.29, 1.82) is 0 Å². The standard InChI is InChI=1S/C21H35NO/c1-9-20(7,8)21(19(4,5)6)15-22(10-2)18-14-16(23-11-3)12-13-17(18)21/h12-14H,9-11,15H2,1-8H3. The molecule has 0 saturated carbocycles. The fourth-order valence-electron chi connectivity index (χ4n) is 4.67. The number of anilines is 1. The second-order valence-corrected chi connectivity index (χ2v) is 8.52. The van der Waals surface area contributed by atoms with E-state index in [-0.39, 0.29) is 16.2 Å². The molecule has 2 heteroatoms. The third-order valence-corrected chi connectivity index (χ3v) is 6.21. The van der Waals surface area contributed by atoms with Gasteiger partial charge in [-0.25, -0.2) is 0 Å². The smallest absolute Gasteiger partial charge is 0.121 e. The zero-order valence-electron chi connectivity index (χ0n) is 16.4. The number of hydrogen-bond acceptors (Lipinski definition) is 2. The van der Waals surface area contributed by atoms with Crippen LogP contribution in [0.1, 0.15) is 67.4 Å². The summed E-state index contributed by atoms with van der Waals surface area (Å²) < 4.78 is 5.76. The van der Waals surface area contributed by atoms with Crippen LogP contribution in [0.5, 0.6) is 5.75 Å². The van der Waals surface area contributed by atoms with Crippen LogP contribution in [0.2, 0.25) is 0 Å². The average Bonchev–Trinajstić information content (AvgIpc) is 2.83. The Labute approximate surface area is 143 Å². The highest BCUT2D eigenvalue weighted by Gasteiger charge is 2.57. The fourth-order valence-corrected chi connectivity index (χ4v) is 4.67. The molecule has 0 bridgehead atoms. The molecule has 2 rings (SSSR count). The maximum atomic E-state index is 5.76. The second kappa shape index (κ2) is 6.03. The number of likely N-dealkylation sites (N-methyl/N-ethyl adjacent to an activating group) is 1. The van der Waals surface area contributed by atoms with Gasteiger partial charge in [0.1, 0.15) is 5.75 Å². The lowest BCUT2D eigenvalue weighted by Crippen LogP contribution is -2.54. The summed E-state index contributed by atoms with van der Waals surface area (Å²) in [5.41, 5.74) is 3.44. The maximum absolute atomic E-state index is 5.76. The Kier molecular flexibility index (Phi) is 4.76. The number of fused-ring (bicyclic) bond motifs is 1. The summed E-state index contributed by atoms with van der Waals surface area (Å²) in [6.45, 7) is 21.6. The Morgan fingerprint density at radius 1 is 1.09 bits per heavy atom. The molecular formula is C21H35NO. The molecule has 1 aliphatic rings. The van der Waals surface area contributed by atoms with E-state index in [2.05, 4.69) is 71.6 Å². The highest BCUT2D eigenvalue weighted by Crippen LogP contribution is 2.60. The van der Waals surface area contributed by atoms with Gasteiger partial charge in [0.15, 0.2) is 0 Å². The average molecular weight is 318 g/mol. The lowest BCUT2D eigenvalue weighted by atomic mass is 9.50. The monoisotopic (exact) mass is 317 g/mol. The van der Waals surface area contributed by atoms with Crippen LogP contribution in [0.4, 0.5) is 5.69 Å². The van der Waals surface area contributed by atoms with Gasteiger partial charge >= 0.3 is 0 Å². The maximum Gasteiger partial charge on any atom is 0.121 e. The highest BCUT2D eigenvalue weighted by molar-refractivity contribution is 5.66. The van der Waals surface area contributed by atoms with Crippen molar-refractivity contribution in [3.05, 3.63) is 23.8 Å². The molecule has 0 aromatic heterocycles. The minimum Gasteiger partial charge on any atom is -0.494 e. The quantitative estimate of drug-likeness (QED) is 0.696. The first-order valence-electron chi connectivity index (χ1n) is 9.17. The fraction of sp³-hybridized carbons (Fsp3) is 0.714. The molecule has 0 fully saturated rings. The van der Waals surface area contributed by atoms with Crippen molar-refractivity contribution in [3.8, 4) is 5.75 Å². The number of ether oxygens (including phenoxy) is 1. The van der Waals surface area contributed by atoms with E-state index in [9.17, 15) is 0 Å². The molecule has 1 atom stereocenters. The van der Waals surface area contributed by atoms with Gasteiger partial charge < -0.3 is 9.64 Å². The molecule has 130 valence electrons. The van der Waals surface area contributed by atoms with E-state index < -0.39 is 0 Å². The summed E-state index contributed by atoms with van der Waals surface area (Å²) >= 11 is 0. The normalized spacial score (nSPS) is 21.5. The van der Waals surface area contributed by atoms with Crippen LogP contribution in [-0.4, -0.2) is 19.7 Å². The van der Waals surface area contributed by atoms with Gasteiger partial charge in [-0.3, -0.25) is 0 Å². The van der Waals surface area contributed by atoms with Crippen LogP contribution in [0.15, 0.2) is 18.2 Å². The molecule has 0 N–H and O–H groups in total. The van der Waals surface area contributed by atoms with Gasteiger partial charge in [-0.15, -0.1) is 0 Å². The van der Waals surface area contributed by atoms with Crippen LogP contribution in [-0.2, 0) is 5.41 Å². The Balaban J connectivity index is 2.70. The molecule has 23 heavy (non-hydrogen) atoms. The molecule has 2 nitrogen and oxygen atoms in total. The summed E-state index contributed by atoms with van der Waals surface area (Å²) in [4.78, 5) is 2.54. The molecule has 0 aliphatic carbocycles. The van der Waals surface area contributed by atoms with Crippen LogP contribution < -0.4 is 9.64 Å². The molecule has 1 aromatic rings. The minimum atomic E-state index is 0.144. The van der Waals surface area contributed by atoms with Gasteiger partial charge in [-0.2, -0.15) is 0 Å². The van der Waals surface area contributed by atoms with E-state index in [1.807, 2.05) is 6.92 Å². The molecule has 0 spiro atoms. The Bertz CT molecular complexity index is 555. The number of nitrogens with zero attached hydrogens (tertiary/aromatic N) is 1.